The second kappa shape index (κ2) is 5.19. The summed E-state index contributed by atoms with van der Waals surface area (Å²) in [5.41, 5.74) is 0.647. The van der Waals surface area contributed by atoms with Gasteiger partial charge in [0.1, 0.15) is 11.9 Å². The molecule has 1 heterocycles. The van der Waals surface area contributed by atoms with E-state index in [1.54, 1.807) is 16.5 Å². The molecule has 8 heteroatoms. The van der Waals surface area contributed by atoms with Gasteiger partial charge in [0.25, 0.3) is 5.91 Å². The first-order valence-electron chi connectivity index (χ1n) is 7.33. The molecule has 0 aliphatic heterocycles. The zero-order valence-corrected chi connectivity index (χ0v) is 12.8. The van der Waals surface area contributed by atoms with E-state index in [2.05, 4.69) is 10.1 Å². The molecule has 0 bridgehead atoms. The Morgan fingerprint density at radius 3 is 2.64 bits per heavy atom. The van der Waals surface area contributed by atoms with Gasteiger partial charge in [0.05, 0.1) is 17.3 Å². The lowest BCUT2D eigenvalue weighted by Gasteiger charge is -2.15. The van der Waals surface area contributed by atoms with Crippen LogP contribution in [-0.4, -0.2) is 45.9 Å². The van der Waals surface area contributed by atoms with Crippen LogP contribution in [0.4, 0.5) is 5.69 Å². The molecule has 2 aliphatic rings. The fourth-order valence-corrected chi connectivity index (χ4v) is 3.60. The third-order valence-corrected chi connectivity index (χ3v) is 4.68. The van der Waals surface area contributed by atoms with Crippen molar-refractivity contribution >= 4 is 17.9 Å². The quantitative estimate of drug-likeness (QED) is 0.363. The number of hydrogen-bond donors (Lipinski definition) is 0. The maximum Gasteiger partial charge on any atom is 0.309 e. The van der Waals surface area contributed by atoms with Crippen LogP contribution >= 0.6 is 0 Å². The molecule has 0 spiro atoms. The highest BCUT2D eigenvalue weighted by molar-refractivity contribution is 5.88. The molecule has 2 unspecified atom stereocenters. The number of hydrogen-bond acceptors (Lipinski definition) is 4. The Balaban J connectivity index is 1.63. The number of carbonyl (C=O) groups excluding carboxylic acids is 1. The third kappa shape index (κ3) is 2.38. The Hall–Kier alpha value is -2.25. The Morgan fingerprint density at radius 1 is 1.50 bits per heavy atom. The highest BCUT2D eigenvalue weighted by atomic mass is 16.6. The van der Waals surface area contributed by atoms with Crippen molar-refractivity contribution < 1.29 is 9.72 Å². The minimum absolute atomic E-state index is 0.0262. The van der Waals surface area contributed by atoms with Crippen LogP contribution in [0.3, 0.4) is 0 Å². The predicted molar refractivity (Wildman–Crippen MR) is 79.5 cm³/mol. The van der Waals surface area contributed by atoms with Crippen LogP contribution in [0.1, 0.15) is 24.6 Å². The van der Waals surface area contributed by atoms with Crippen LogP contribution in [0, 0.1) is 34.8 Å². The highest BCUT2D eigenvalue weighted by Crippen LogP contribution is 2.61. The monoisotopic (exact) mass is 305 g/mol. The van der Waals surface area contributed by atoms with Crippen LogP contribution < -0.4 is 0 Å². The van der Waals surface area contributed by atoms with Crippen molar-refractivity contribution in [3.63, 3.8) is 0 Å². The first-order valence-corrected chi connectivity index (χ1v) is 7.33. The van der Waals surface area contributed by atoms with E-state index < -0.39 is 4.92 Å². The molecule has 118 valence electrons. The summed E-state index contributed by atoms with van der Waals surface area (Å²) < 4.78 is 1.74. The average molecular weight is 305 g/mol. The second-order valence-electron chi connectivity index (χ2n) is 6.34. The molecule has 0 saturated heterocycles. The molecular weight excluding hydrogens is 286 g/mol. The number of fused-ring (bicyclic) bond motifs is 1. The lowest BCUT2D eigenvalue weighted by atomic mass is 10.1. The average Bonchev–Trinajstić information content (AvgIpc) is 2.81. The van der Waals surface area contributed by atoms with Crippen LogP contribution in [0.5, 0.6) is 0 Å². The van der Waals surface area contributed by atoms with Crippen molar-refractivity contribution in [1.82, 2.24) is 14.7 Å². The molecule has 8 nitrogen and oxygen atoms in total. The topological polar surface area (TPSA) is 93.6 Å². The lowest BCUT2D eigenvalue weighted by Crippen LogP contribution is -2.15. The van der Waals surface area contributed by atoms with Crippen molar-refractivity contribution in [3.8, 4) is 0 Å². The fraction of sp³-hybridized carbons (Fsp3) is 0.643. The van der Waals surface area contributed by atoms with E-state index in [9.17, 15) is 14.9 Å². The van der Waals surface area contributed by atoms with Gasteiger partial charge < -0.3 is 4.90 Å². The summed E-state index contributed by atoms with van der Waals surface area (Å²) >= 11 is 0. The number of rotatable bonds is 4. The maximum atomic E-state index is 12.0. The zero-order valence-electron chi connectivity index (χ0n) is 12.8. The summed E-state index contributed by atoms with van der Waals surface area (Å²) in [7, 11) is 3.65. The lowest BCUT2D eigenvalue weighted by molar-refractivity contribution is -0.385. The van der Waals surface area contributed by atoms with E-state index in [0.717, 1.165) is 12.8 Å². The van der Waals surface area contributed by atoms with Crippen molar-refractivity contribution in [2.45, 2.75) is 25.8 Å². The van der Waals surface area contributed by atoms with Gasteiger partial charge in [-0.3, -0.25) is 19.6 Å². The molecule has 2 fully saturated rings. The van der Waals surface area contributed by atoms with E-state index in [4.69, 9.17) is 0 Å². The number of aromatic nitrogens is 2. The first-order chi connectivity index (χ1) is 10.4. The largest absolute Gasteiger partial charge is 0.369 e. The van der Waals surface area contributed by atoms with Gasteiger partial charge in [-0.25, -0.2) is 4.99 Å². The number of nitro groups is 1. The summed E-state index contributed by atoms with van der Waals surface area (Å²) in [4.78, 5) is 28.2. The molecule has 0 N–H and O–H groups in total. The SMILES string of the molecule is Cc1c([N+](=O)[O-])cnn1C1CC2C(C1)C2C(=O)N=CN(C)C. The summed E-state index contributed by atoms with van der Waals surface area (Å²) in [6.45, 7) is 1.72. The highest BCUT2D eigenvalue weighted by Gasteiger charge is 2.60. The second-order valence-corrected chi connectivity index (χ2v) is 6.34. The molecule has 22 heavy (non-hydrogen) atoms. The van der Waals surface area contributed by atoms with Gasteiger partial charge in [0.2, 0.25) is 0 Å². The molecule has 0 radical (unpaired) electrons. The van der Waals surface area contributed by atoms with Gasteiger partial charge in [0, 0.05) is 20.0 Å². The van der Waals surface area contributed by atoms with Crippen molar-refractivity contribution in [3.05, 3.63) is 22.0 Å². The van der Waals surface area contributed by atoms with E-state index >= 15 is 0 Å². The normalized spacial score (nSPS) is 29.6. The zero-order chi connectivity index (χ0) is 16.0. The van der Waals surface area contributed by atoms with Crippen molar-refractivity contribution in [1.29, 1.82) is 0 Å². The summed E-state index contributed by atoms with van der Waals surface area (Å²) in [6, 6.07) is 0.158. The molecule has 0 aromatic carbocycles. The molecule has 1 aromatic rings. The van der Waals surface area contributed by atoms with Gasteiger partial charge in [-0.05, 0) is 31.6 Å². The minimum Gasteiger partial charge on any atom is -0.369 e. The minimum atomic E-state index is -0.406. The fourth-order valence-electron chi connectivity index (χ4n) is 3.60. The van der Waals surface area contributed by atoms with Gasteiger partial charge in [-0.15, -0.1) is 0 Å². The summed E-state index contributed by atoms with van der Waals surface area (Å²) in [5, 5.41) is 15.0. The van der Waals surface area contributed by atoms with Crippen molar-refractivity contribution in [2.24, 2.45) is 22.7 Å². The number of aliphatic imine (C=N–C) groups is 1. The van der Waals surface area contributed by atoms with E-state index in [1.807, 2.05) is 14.1 Å². The van der Waals surface area contributed by atoms with Gasteiger partial charge >= 0.3 is 5.69 Å². The van der Waals surface area contributed by atoms with Gasteiger partial charge in [-0.1, -0.05) is 0 Å². The Labute approximate surface area is 128 Å². The maximum absolute atomic E-state index is 12.0. The van der Waals surface area contributed by atoms with E-state index in [0.29, 0.717) is 17.5 Å². The Kier molecular flexibility index (Phi) is 3.46. The number of carbonyl (C=O) groups is 1. The molecule has 2 saturated carbocycles. The Morgan fingerprint density at radius 2 is 2.14 bits per heavy atom. The standard InChI is InChI=1S/C14H19N5O3/c1-8-12(19(21)22)6-16-18(8)9-4-10-11(5-9)13(10)14(20)15-7-17(2)3/h6-7,9-11,13H,4-5H2,1-3H3. The smallest absolute Gasteiger partial charge is 0.309 e. The first kappa shape index (κ1) is 14.7. The third-order valence-electron chi connectivity index (χ3n) is 4.68. The van der Waals surface area contributed by atoms with E-state index in [1.165, 1.54) is 12.5 Å². The molecule has 2 atom stereocenters. The van der Waals surface area contributed by atoms with Gasteiger partial charge in [0.15, 0.2) is 0 Å². The predicted octanol–water partition coefficient (Wildman–Crippen LogP) is 1.41. The van der Waals surface area contributed by atoms with Gasteiger partial charge in [-0.2, -0.15) is 5.10 Å². The molecular formula is C14H19N5O3. The summed E-state index contributed by atoms with van der Waals surface area (Å²) in [5.74, 6) is 0.669. The Bertz CT molecular complexity index is 639. The van der Waals surface area contributed by atoms with Crippen molar-refractivity contribution in [2.75, 3.05) is 14.1 Å². The van der Waals surface area contributed by atoms with E-state index in [-0.39, 0.29) is 23.6 Å². The molecule has 3 rings (SSSR count). The number of amides is 1. The van der Waals surface area contributed by atoms with Crippen LogP contribution in [0.15, 0.2) is 11.2 Å². The molecule has 1 amide bonds. The van der Waals surface area contributed by atoms with Crippen LogP contribution in [0.2, 0.25) is 0 Å². The number of nitrogens with zero attached hydrogens (tertiary/aromatic N) is 5. The van der Waals surface area contributed by atoms with Crippen LogP contribution in [0.25, 0.3) is 0 Å². The summed E-state index contributed by atoms with van der Waals surface area (Å²) in [6.07, 6.45) is 4.54. The van der Waals surface area contributed by atoms with Crippen LogP contribution in [-0.2, 0) is 4.79 Å². The molecule has 2 aliphatic carbocycles. The molecule has 1 aromatic heterocycles.